The maximum atomic E-state index is 11.6. The molecule has 0 bridgehead atoms. The van der Waals surface area contributed by atoms with E-state index in [1.54, 1.807) is 0 Å². The van der Waals surface area contributed by atoms with E-state index in [2.05, 4.69) is 15.4 Å². The number of aromatic nitrogens is 3. The Bertz CT molecular complexity index is 220. The number of alkyl halides is 3. The van der Waals surface area contributed by atoms with Crippen LogP contribution in [0.25, 0.3) is 0 Å². The van der Waals surface area contributed by atoms with E-state index in [9.17, 15) is 13.2 Å². The van der Waals surface area contributed by atoms with Gasteiger partial charge in [0.15, 0.2) is 0 Å². The average Bonchev–Trinajstić information content (AvgIpc) is 2.36. The first-order valence-electron chi connectivity index (χ1n) is 3.13. The van der Waals surface area contributed by atoms with Crippen molar-refractivity contribution in [2.24, 2.45) is 0 Å². The normalized spacial score (nSPS) is 11.9. The number of nitrogens with one attached hydrogen (secondary N) is 1. The minimum absolute atomic E-state index is 0.0178. The third kappa shape index (κ3) is 3.61. The smallest absolute Gasteiger partial charge is 0.197 e. The predicted octanol–water partition coefficient (Wildman–Crippen LogP) is 1.85. The fourth-order valence-electron chi connectivity index (χ4n) is 0.532. The van der Waals surface area contributed by atoms with Crippen molar-refractivity contribution < 1.29 is 13.2 Å². The van der Waals surface area contributed by atoms with Crippen molar-refractivity contribution in [1.82, 2.24) is 15.4 Å². The number of halogens is 3. The molecule has 0 unspecified atom stereocenters. The predicted molar refractivity (Wildman–Crippen MR) is 37.8 cm³/mol. The van der Waals surface area contributed by atoms with Gasteiger partial charge in [0, 0.05) is 5.75 Å². The molecule has 0 fully saturated rings. The van der Waals surface area contributed by atoms with Crippen LogP contribution < -0.4 is 0 Å². The van der Waals surface area contributed by atoms with Crippen LogP contribution in [-0.2, 0) is 0 Å². The number of rotatable bonds is 3. The zero-order valence-corrected chi connectivity index (χ0v) is 6.74. The number of nitrogens with zero attached hydrogens (tertiary/aromatic N) is 2. The van der Waals surface area contributed by atoms with Gasteiger partial charge in [-0.05, 0) is 0 Å². The summed E-state index contributed by atoms with van der Waals surface area (Å²) in [5.41, 5.74) is 0. The van der Waals surface area contributed by atoms with Crippen LogP contribution in [0, 0.1) is 0 Å². The summed E-state index contributed by atoms with van der Waals surface area (Å²) < 4.78 is 34.9. The van der Waals surface area contributed by atoms with Crippen LogP contribution >= 0.6 is 11.8 Å². The summed E-state index contributed by atoms with van der Waals surface area (Å²) in [5.74, 6) is -0.0178. The second kappa shape index (κ2) is 3.79. The first-order valence-corrected chi connectivity index (χ1v) is 4.12. The Labute approximate surface area is 70.7 Å². The lowest BCUT2D eigenvalue weighted by molar-refractivity contribution is -0.129. The molecule has 1 heterocycles. The Morgan fingerprint density at radius 3 is 2.75 bits per heavy atom. The second-order valence-corrected chi connectivity index (χ2v) is 3.14. The van der Waals surface area contributed by atoms with Gasteiger partial charge in [0.25, 0.3) is 0 Å². The summed E-state index contributed by atoms with van der Waals surface area (Å²) in [6.45, 7) is 0. The van der Waals surface area contributed by atoms with Crippen LogP contribution in [0.15, 0.2) is 11.2 Å². The Hall–Kier alpha value is -0.720. The van der Waals surface area contributed by atoms with Crippen molar-refractivity contribution in [2.75, 3.05) is 5.75 Å². The van der Waals surface area contributed by atoms with Crippen LogP contribution in [0.5, 0.6) is 0 Å². The molecular formula is C5H6F3N3S. The summed E-state index contributed by atoms with van der Waals surface area (Å²) in [5, 5.41) is 9.86. The molecule has 0 aliphatic rings. The molecule has 0 atom stereocenters. The van der Waals surface area contributed by atoms with Gasteiger partial charge in [-0.2, -0.15) is 23.5 Å². The molecule has 0 saturated carbocycles. The first-order chi connectivity index (χ1) is 5.58. The van der Waals surface area contributed by atoms with E-state index in [1.807, 2.05) is 0 Å². The first kappa shape index (κ1) is 9.37. The highest BCUT2D eigenvalue weighted by molar-refractivity contribution is 7.99. The van der Waals surface area contributed by atoms with Crippen molar-refractivity contribution >= 4 is 11.8 Å². The molecule has 0 amide bonds. The molecule has 0 aliphatic carbocycles. The molecule has 1 N–H and O–H groups in total. The third-order valence-electron chi connectivity index (χ3n) is 1.03. The van der Waals surface area contributed by atoms with Gasteiger partial charge in [0.1, 0.15) is 5.03 Å². The molecule has 1 aromatic heterocycles. The summed E-state index contributed by atoms with van der Waals surface area (Å²) in [6.07, 6.45) is -3.50. The molecule has 0 aromatic carbocycles. The van der Waals surface area contributed by atoms with E-state index in [0.717, 1.165) is 11.8 Å². The highest BCUT2D eigenvalue weighted by atomic mass is 32.2. The lowest BCUT2D eigenvalue weighted by Crippen LogP contribution is -2.07. The summed E-state index contributed by atoms with van der Waals surface area (Å²) in [7, 11) is 0. The van der Waals surface area contributed by atoms with E-state index in [4.69, 9.17) is 0 Å². The molecular weight excluding hydrogens is 191 g/mol. The van der Waals surface area contributed by atoms with Gasteiger partial charge in [0.05, 0.1) is 12.6 Å². The van der Waals surface area contributed by atoms with E-state index in [1.165, 1.54) is 6.20 Å². The minimum Gasteiger partial charge on any atom is -0.197 e. The molecule has 0 aliphatic heterocycles. The second-order valence-electron chi connectivity index (χ2n) is 2.02. The molecule has 7 heteroatoms. The number of aromatic amines is 1. The molecule has 3 nitrogen and oxygen atoms in total. The summed E-state index contributed by atoms with van der Waals surface area (Å²) in [6, 6.07) is 0. The van der Waals surface area contributed by atoms with Gasteiger partial charge in [-0.25, -0.2) is 0 Å². The molecule has 0 spiro atoms. The Morgan fingerprint density at radius 1 is 1.50 bits per heavy atom. The van der Waals surface area contributed by atoms with Crippen LogP contribution in [0.2, 0.25) is 0 Å². The number of hydrogen-bond donors (Lipinski definition) is 1. The standard InChI is InChI=1S/C5H6F3N3S/c6-5(7,8)1-2-12-4-3-9-11-10-4/h3H,1-2H2,(H,9,10,11). The Kier molecular flexibility index (Phi) is 2.96. The van der Waals surface area contributed by atoms with Gasteiger partial charge < -0.3 is 0 Å². The fraction of sp³-hybridized carbons (Fsp3) is 0.600. The molecule has 12 heavy (non-hydrogen) atoms. The Balaban J connectivity index is 2.20. The van der Waals surface area contributed by atoms with E-state index >= 15 is 0 Å². The number of H-pyrrole nitrogens is 1. The van der Waals surface area contributed by atoms with Gasteiger partial charge in [-0.1, -0.05) is 0 Å². The van der Waals surface area contributed by atoms with Crippen LogP contribution in [0.1, 0.15) is 6.42 Å². The summed E-state index contributed by atoms with van der Waals surface area (Å²) >= 11 is 1.03. The van der Waals surface area contributed by atoms with Crippen LogP contribution in [0.3, 0.4) is 0 Å². The molecule has 1 rings (SSSR count). The Morgan fingerprint density at radius 2 is 2.25 bits per heavy atom. The molecule has 68 valence electrons. The third-order valence-corrected chi connectivity index (χ3v) is 1.93. The SMILES string of the molecule is FC(F)(F)CCSc1cn[nH]n1. The maximum absolute atomic E-state index is 11.6. The average molecular weight is 197 g/mol. The monoisotopic (exact) mass is 197 g/mol. The van der Waals surface area contributed by atoms with Gasteiger partial charge in [-0.15, -0.1) is 16.9 Å². The quantitative estimate of drug-likeness (QED) is 0.752. The minimum atomic E-state index is -4.09. The lowest BCUT2D eigenvalue weighted by Gasteiger charge is -2.03. The number of thioether (sulfide) groups is 1. The topological polar surface area (TPSA) is 41.6 Å². The fourth-order valence-corrected chi connectivity index (χ4v) is 1.31. The number of hydrogen-bond acceptors (Lipinski definition) is 3. The highest BCUT2D eigenvalue weighted by Crippen LogP contribution is 2.24. The van der Waals surface area contributed by atoms with Crippen molar-refractivity contribution in [3.8, 4) is 0 Å². The molecule has 0 saturated heterocycles. The van der Waals surface area contributed by atoms with Crippen LogP contribution in [0.4, 0.5) is 13.2 Å². The largest absolute Gasteiger partial charge is 0.389 e. The molecule has 1 aromatic rings. The van der Waals surface area contributed by atoms with Crippen LogP contribution in [-0.4, -0.2) is 27.3 Å². The van der Waals surface area contributed by atoms with Crippen molar-refractivity contribution in [3.05, 3.63) is 6.20 Å². The van der Waals surface area contributed by atoms with E-state index in [0.29, 0.717) is 5.03 Å². The van der Waals surface area contributed by atoms with Gasteiger partial charge >= 0.3 is 6.18 Å². The van der Waals surface area contributed by atoms with Crippen molar-refractivity contribution in [3.63, 3.8) is 0 Å². The van der Waals surface area contributed by atoms with Gasteiger partial charge in [0.2, 0.25) is 0 Å². The summed E-state index contributed by atoms with van der Waals surface area (Å²) in [4.78, 5) is 0. The zero-order valence-electron chi connectivity index (χ0n) is 5.93. The maximum Gasteiger partial charge on any atom is 0.389 e. The zero-order chi connectivity index (χ0) is 9.03. The van der Waals surface area contributed by atoms with Gasteiger partial charge in [-0.3, -0.25) is 0 Å². The van der Waals surface area contributed by atoms with E-state index in [-0.39, 0.29) is 5.75 Å². The van der Waals surface area contributed by atoms with E-state index < -0.39 is 12.6 Å². The van der Waals surface area contributed by atoms with Crippen molar-refractivity contribution in [2.45, 2.75) is 17.6 Å². The lowest BCUT2D eigenvalue weighted by atomic mass is 10.5. The molecule has 0 radical (unpaired) electrons. The highest BCUT2D eigenvalue weighted by Gasteiger charge is 2.26. The van der Waals surface area contributed by atoms with Crippen molar-refractivity contribution in [1.29, 1.82) is 0 Å².